The largest absolute Gasteiger partial charge is 0.496 e. The van der Waals surface area contributed by atoms with Gasteiger partial charge in [-0.1, -0.05) is 0 Å². The lowest BCUT2D eigenvalue weighted by Gasteiger charge is -2.08. The third-order valence-electron chi connectivity index (χ3n) is 4.45. The highest BCUT2D eigenvalue weighted by Gasteiger charge is 2.22. The minimum atomic E-state index is -3.68. The zero-order chi connectivity index (χ0) is 19.0. The molecule has 7 nitrogen and oxygen atoms in total. The zero-order valence-corrected chi connectivity index (χ0v) is 15.7. The molecule has 1 aromatic carbocycles. The summed E-state index contributed by atoms with van der Waals surface area (Å²) < 4.78 is 32.9. The second-order valence-electron chi connectivity index (χ2n) is 6.18. The molecule has 0 saturated heterocycles. The fraction of sp³-hybridized carbons (Fsp3) is 0.158. The fourth-order valence-corrected chi connectivity index (χ4v) is 4.25. The molecular weight excluding hydrogens is 364 g/mol. The monoisotopic (exact) mass is 382 g/mol. The highest BCUT2D eigenvalue weighted by molar-refractivity contribution is 7.90. The number of pyridine rings is 1. The summed E-state index contributed by atoms with van der Waals surface area (Å²) in [4.78, 5) is 11.4. The highest BCUT2D eigenvalue weighted by atomic mass is 32.2. The van der Waals surface area contributed by atoms with E-state index < -0.39 is 9.84 Å². The summed E-state index contributed by atoms with van der Waals surface area (Å²) in [5, 5.41) is -0.0637. The molecule has 1 N–H and O–H groups in total. The van der Waals surface area contributed by atoms with Crippen LogP contribution in [0.1, 0.15) is 11.3 Å². The maximum Gasteiger partial charge on any atom is 0.226 e. The number of H-pyrrole nitrogens is 1. The Kier molecular flexibility index (Phi) is 4.19. The van der Waals surface area contributed by atoms with Gasteiger partial charge in [-0.15, -0.1) is 0 Å². The lowest BCUT2D eigenvalue weighted by molar-refractivity contribution is 0.410. The van der Waals surface area contributed by atoms with Crippen LogP contribution in [0.4, 0.5) is 0 Å². The van der Waals surface area contributed by atoms with E-state index in [2.05, 4.69) is 15.0 Å². The Hall–Kier alpha value is -3.13. The molecule has 8 heteroatoms. The van der Waals surface area contributed by atoms with E-state index in [0.717, 1.165) is 5.69 Å². The maximum atomic E-state index is 12.9. The first-order valence-electron chi connectivity index (χ1n) is 8.32. The first-order valence-corrected chi connectivity index (χ1v) is 9.97. The Bertz CT molecular complexity index is 1210. The molecule has 0 bridgehead atoms. The van der Waals surface area contributed by atoms with Gasteiger partial charge in [0.15, 0.2) is 0 Å². The van der Waals surface area contributed by atoms with Crippen LogP contribution in [0.15, 0.2) is 60.1 Å². The van der Waals surface area contributed by atoms with Crippen LogP contribution in [0, 0.1) is 6.92 Å². The number of nitrogens with one attached hydrogen (secondary N) is 1. The molecule has 4 rings (SSSR count). The molecule has 0 aliphatic heterocycles. The first kappa shape index (κ1) is 17.3. The van der Waals surface area contributed by atoms with Crippen molar-refractivity contribution in [3.05, 3.63) is 66.2 Å². The van der Waals surface area contributed by atoms with Crippen LogP contribution in [0.2, 0.25) is 0 Å². The van der Waals surface area contributed by atoms with Gasteiger partial charge in [-0.05, 0) is 43.3 Å². The molecule has 0 aliphatic carbocycles. The third kappa shape index (κ3) is 3.19. The van der Waals surface area contributed by atoms with E-state index in [9.17, 15) is 8.42 Å². The van der Waals surface area contributed by atoms with Gasteiger partial charge < -0.3 is 14.3 Å². The molecule has 0 saturated carbocycles. The summed E-state index contributed by atoms with van der Waals surface area (Å²) in [7, 11) is -2.14. The van der Waals surface area contributed by atoms with Gasteiger partial charge in [-0.3, -0.25) is 4.98 Å². The van der Waals surface area contributed by atoms with Crippen LogP contribution in [0.25, 0.3) is 16.7 Å². The van der Waals surface area contributed by atoms with Crippen LogP contribution in [-0.4, -0.2) is 35.0 Å². The molecule has 0 unspecified atom stereocenters. The number of nitrogens with zero attached hydrogens (tertiary/aromatic N) is 3. The van der Waals surface area contributed by atoms with Crippen molar-refractivity contribution in [2.75, 3.05) is 7.11 Å². The van der Waals surface area contributed by atoms with Gasteiger partial charge in [0.1, 0.15) is 11.5 Å². The number of hydrogen-bond acceptors (Lipinski definition) is 5. The number of sulfone groups is 1. The van der Waals surface area contributed by atoms with Gasteiger partial charge >= 0.3 is 0 Å². The van der Waals surface area contributed by atoms with Crippen LogP contribution >= 0.6 is 0 Å². The maximum absolute atomic E-state index is 12.9. The number of fused-ring (bicyclic) bond motifs is 1. The van der Waals surface area contributed by atoms with Crippen molar-refractivity contribution < 1.29 is 13.2 Å². The number of imidazole rings is 1. The summed E-state index contributed by atoms with van der Waals surface area (Å²) in [6.07, 6.45) is 5.39. The molecule has 3 heterocycles. The van der Waals surface area contributed by atoms with E-state index in [1.165, 1.54) is 0 Å². The molecule has 0 radical (unpaired) electrons. The first-order chi connectivity index (χ1) is 13.0. The van der Waals surface area contributed by atoms with Crippen molar-refractivity contribution >= 4 is 20.9 Å². The highest BCUT2D eigenvalue weighted by Crippen LogP contribution is 2.24. The van der Waals surface area contributed by atoms with Crippen molar-refractivity contribution in [1.29, 1.82) is 0 Å². The van der Waals surface area contributed by atoms with Crippen molar-refractivity contribution in [2.24, 2.45) is 0 Å². The summed E-state index contributed by atoms with van der Waals surface area (Å²) in [5.74, 6) is 0.358. The number of aromatic nitrogens is 4. The Labute approximate surface area is 156 Å². The second-order valence-corrected chi connectivity index (χ2v) is 8.08. The van der Waals surface area contributed by atoms with E-state index in [-0.39, 0.29) is 10.9 Å². The van der Waals surface area contributed by atoms with Gasteiger partial charge in [-0.25, -0.2) is 13.4 Å². The van der Waals surface area contributed by atoms with E-state index in [1.54, 1.807) is 32.4 Å². The van der Waals surface area contributed by atoms with E-state index in [0.29, 0.717) is 28.0 Å². The Balaban J connectivity index is 1.70. The topological polar surface area (TPSA) is 89.9 Å². The summed E-state index contributed by atoms with van der Waals surface area (Å²) in [5.41, 5.74) is 3.33. The standard InChI is InChI=1S/C19H18N4O3S/c1-13-17(20-8-7-18(13)26-2)12-27(24,25)19-21-15-6-5-14(11-16(15)22-19)23-9-3-4-10-23/h3-11H,12H2,1-2H3,(H,21,22). The van der Waals surface area contributed by atoms with Gasteiger partial charge in [0, 0.05) is 29.8 Å². The Morgan fingerprint density at radius 1 is 1.19 bits per heavy atom. The van der Waals surface area contributed by atoms with Gasteiger partial charge in [0.25, 0.3) is 0 Å². The fourth-order valence-electron chi connectivity index (χ4n) is 2.96. The van der Waals surface area contributed by atoms with Crippen LogP contribution < -0.4 is 4.74 Å². The van der Waals surface area contributed by atoms with E-state index in [1.807, 2.05) is 41.2 Å². The number of ether oxygens (including phenoxy) is 1. The van der Waals surface area contributed by atoms with Gasteiger partial charge in [-0.2, -0.15) is 0 Å². The number of aromatic amines is 1. The van der Waals surface area contributed by atoms with Crippen molar-refractivity contribution in [2.45, 2.75) is 17.8 Å². The normalized spacial score (nSPS) is 11.8. The molecule has 0 atom stereocenters. The molecule has 4 aromatic rings. The van der Waals surface area contributed by atoms with Crippen molar-refractivity contribution in [1.82, 2.24) is 19.5 Å². The van der Waals surface area contributed by atoms with E-state index in [4.69, 9.17) is 4.74 Å². The van der Waals surface area contributed by atoms with Crippen molar-refractivity contribution in [3.8, 4) is 11.4 Å². The van der Waals surface area contributed by atoms with Crippen LogP contribution in [-0.2, 0) is 15.6 Å². The number of rotatable bonds is 5. The summed E-state index contributed by atoms with van der Waals surface area (Å²) in [6.45, 7) is 1.79. The molecule has 0 spiro atoms. The average Bonchev–Trinajstić information content (AvgIpc) is 3.32. The average molecular weight is 382 g/mol. The smallest absolute Gasteiger partial charge is 0.226 e. The molecule has 0 aliphatic rings. The summed E-state index contributed by atoms with van der Waals surface area (Å²) >= 11 is 0. The SMILES string of the molecule is COc1ccnc(CS(=O)(=O)c2nc3ccc(-n4cccc4)cc3[nH]2)c1C. The quantitative estimate of drug-likeness (QED) is 0.573. The second kappa shape index (κ2) is 6.55. The lowest BCUT2D eigenvalue weighted by Crippen LogP contribution is -2.10. The van der Waals surface area contributed by atoms with Crippen LogP contribution in [0.5, 0.6) is 5.75 Å². The number of hydrogen-bond donors (Lipinski definition) is 1. The minimum absolute atomic E-state index is 0.0637. The molecule has 0 amide bonds. The Morgan fingerprint density at radius 2 is 1.96 bits per heavy atom. The number of methoxy groups -OCH3 is 1. The lowest BCUT2D eigenvalue weighted by atomic mass is 10.2. The summed E-state index contributed by atoms with van der Waals surface area (Å²) in [6, 6.07) is 11.1. The molecule has 27 heavy (non-hydrogen) atoms. The Morgan fingerprint density at radius 3 is 2.70 bits per heavy atom. The van der Waals surface area contributed by atoms with Gasteiger partial charge in [0.2, 0.25) is 15.0 Å². The van der Waals surface area contributed by atoms with Gasteiger partial charge in [0.05, 0.1) is 23.8 Å². The van der Waals surface area contributed by atoms with Crippen molar-refractivity contribution in [3.63, 3.8) is 0 Å². The molecule has 3 aromatic heterocycles. The van der Waals surface area contributed by atoms with Crippen LogP contribution in [0.3, 0.4) is 0 Å². The molecule has 138 valence electrons. The third-order valence-corrected chi connectivity index (χ3v) is 5.88. The van der Waals surface area contributed by atoms with E-state index >= 15 is 0 Å². The zero-order valence-electron chi connectivity index (χ0n) is 14.9. The minimum Gasteiger partial charge on any atom is -0.496 e. The predicted octanol–water partition coefficient (Wildman–Crippen LogP) is 3.04. The molecule has 0 fully saturated rings. The predicted molar refractivity (Wildman–Crippen MR) is 102 cm³/mol. The molecular formula is C19H18N4O3S. The number of benzene rings is 1.